The molecule has 0 fully saturated rings. The molecule has 4 nitrogen and oxygen atoms in total. The first-order valence-corrected chi connectivity index (χ1v) is 4.71. The Bertz CT molecular complexity index is 390. The molecule has 1 unspecified atom stereocenters. The van der Waals surface area contributed by atoms with E-state index in [2.05, 4.69) is 16.0 Å². The fraction of sp³-hybridized carbons (Fsp3) is 0.444. The highest BCUT2D eigenvalue weighted by atomic mass is 35.5. The van der Waals surface area contributed by atoms with Crippen molar-refractivity contribution in [1.29, 1.82) is 5.26 Å². The molecule has 1 aromatic heterocycles. The molecule has 0 aliphatic heterocycles. The molecule has 1 heterocycles. The van der Waals surface area contributed by atoms with E-state index >= 15 is 0 Å². The van der Waals surface area contributed by atoms with Gasteiger partial charge in [0.05, 0.1) is 18.2 Å². The van der Waals surface area contributed by atoms with Crippen LogP contribution in [0.25, 0.3) is 0 Å². The van der Waals surface area contributed by atoms with Gasteiger partial charge in [-0.25, -0.2) is 9.37 Å². The molecule has 0 aromatic carbocycles. The molecule has 80 valence electrons. The van der Waals surface area contributed by atoms with E-state index in [1.807, 2.05) is 0 Å². The second-order valence-electron chi connectivity index (χ2n) is 3.22. The summed E-state index contributed by atoms with van der Waals surface area (Å²) in [6.45, 7) is 2.14. The second-order valence-corrected chi connectivity index (χ2v) is 3.56. The van der Waals surface area contributed by atoms with Crippen LogP contribution in [-0.2, 0) is 0 Å². The molecule has 15 heavy (non-hydrogen) atoms. The Morgan fingerprint density at radius 1 is 1.73 bits per heavy atom. The summed E-state index contributed by atoms with van der Waals surface area (Å²) >= 11 is 5.55. The SMILES string of the molecule is CC(C#N)CN(C)c1nc(Cl)ncc1F. The highest BCUT2D eigenvalue weighted by Crippen LogP contribution is 2.16. The summed E-state index contributed by atoms with van der Waals surface area (Å²) < 4.78 is 13.3. The van der Waals surface area contributed by atoms with E-state index in [-0.39, 0.29) is 17.0 Å². The van der Waals surface area contributed by atoms with Crippen LogP contribution in [0.2, 0.25) is 5.28 Å². The Balaban J connectivity index is 2.86. The lowest BCUT2D eigenvalue weighted by Gasteiger charge is -2.19. The third kappa shape index (κ3) is 3.03. The third-order valence-electron chi connectivity index (χ3n) is 1.83. The lowest BCUT2D eigenvalue weighted by atomic mass is 10.2. The first kappa shape index (κ1) is 11.7. The number of hydrogen-bond donors (Lipinski definition) is 0. The fourth-order valence-corrected chi connectivity index (χ4v) is 1.27. The Hall–Kier alpha value is -1.41. The standard InChI is InChI=1S/C9H10ClFN4/c1-6(3-12)5-15(2)8-7(11)4-13-9(10)14-8/h4,6H,5H2,1-2H3. The first-order chi connectivity index (χ1) is 7.04. The van der Waals surface area contributed by atoms with Crippen molar-refractivity contribution in [3.63, 3.8) is 0 Å². The number of rotatable bonds is 3. The van der Waals surface area contributed by atoms with Crippen molar-refractivity contribution in [1.82, 2.24) is 9.97 Å². The normalized spacial score (nSPS) is 11.9. The first-order valence-electron chi connectivity index (χ1n) is 4.33. The molecule has 0 saturated heterocycles. The zero-order valence-electron chi connectivity index (χ0n) is 8.41. The van der Waals surface area contributed by atoms with Gasteiger partial charge in [0, 0.05) is 13.6 Å². The van der Waals surface area contributed by atoms with Crippen LogP contribution in [0.1, 0.15) is 6.92 Å². The minimum Gasteiger partial charge on any atom is -0.356 e. The number of nitrogens with zero attached hydrogens (tertiary/aromatic N) is 4. The summed E-state index contributed by atoms with van der Waals surface area (Å²) in [5, 5.41) is 8.61. The van der Waals surface area contributed by atoms with Crippen LogP contribution < -0.4 is 4.90 Å². The molecular weight excluding hydrogens is 219 g/mol. The van der Waals surface area contributed by atoms with Crippen molar-refractivity contribution >= 4 is 17.4 Å². The quantitative estimate of drug-likeness (QED) is 0.741. The molecule has 1 atom stereocenters. The lowest BCUT2D eigenvalue weighted by molar-refractivity contribution is 0.599. The lowest BCUT2D eigenvalue weighted by Crippen LogP contribution is -2.25. The van der Waals surface area contributed by atoms with Crippen molar-refractivity contribution < 1.29 is 4.39 Å². The van der Waals surface area contributed by atoms with E-state index in [1.54, 1.807) is 14.0 Å². The van der Waals surface area contributed by atoms with Gasteiger partial charge in [0.15, 0.2) is 11.6 Å². The van der Waals surface area contributed by atoms with Gasteiger partial charge < -0.3 is 4.90 Å². The molecular formula is C9H10ClFN4. The molecule has 1 aromatic rings. The van der Waals surface area contributed by atoms with Crippen molar-refractivity contribution in [2.75, 3.05) is 18.5 Å². The van der Waals surface area contributed by atoms with E-state index < -0.39 is 5.82 Å². The van der Waals surface area contributed by atoms with Gasteiger partial charge in [-0.2, -0.15) is 10.2 Å². The Morgan fingerprint density at radius 2 is 2.40 bits per heavy atom. The van der Waals surface area contributed by atoms with Crippen LogP contribution in [0.3, 0.4) is 0 Å². The third-order valence-corrected chi connectivity index (χ3v) is 2.01. The van der Waals surface area contributed by atoms with Gasteiger partial charge in [-0.15, -0.1) is 0 Å². The summed E-state index contributed by atoms with van der Waals surface area (Å²) in [5.74, 6) is -0.646. The number of nitriles is 1. The highest BCUT2D eigenvalue weighted by Gasteiger charge is 2.13. The van der Waals surface area contributed by atoms with Gasteiger partial charge >= 0.3 is 0 Å². The molecule has 0 bridgehead atoms. The zero-order chi connectivity index (χ0) is 11.4. The van der Waals surface area contributed by atoms with Crippen LogP contribution in [-0.4, -0.2) is 23.6 Å². The van der Waals surface area contributed by atoms with Gasteiger partial charge in [0.1, 0.15) is 0 Å². The van der Waals surface area contributed by atoms with Gasteiger partial charge in [0.2, 0.25) is 5.28 Å². The van der Waals surface area contributed by atoms with Crippen LogP contribution in [0.15, 0.2) is 6.20 Å². The maximum absolute atomic E-state index is 13.3. The van der Waals surface area contributed by atoms with Gasteiger partial charge in [-0.3, -0.25) is 0 Å². The number of anilines is 1. The van der Waals surface area contributed by atoms with Crippen LogP contribution in [0, 0.1) is 23.1 Å². The van der Waals surface area contributed by atoms with E-state index in [1.165, 1.54) is 4.90 Å². The molecule has 0 N–H and O–H groups in total. The van der Waals surface area contributed by atoms with Gasteiger partial charge in [-0.05, 0) is 18.5 Å². The maximum Gasteiger partial charge on any atom is 0.224 e. The summed E-state index contributed by atoms with van der Waals surface area (Å²) in [5.41, 5.74) is 0. The zero-order valence-corrected chi connectivity index (χ0v) is 9.16. The van der Waals surface area contributed by atoms with Gasteiger partial charge in [0.25, 0.3) is 0 Å². The molecule has 0 spiro atoms. The van der Waals surface area contributed by atoms with Crippen molar-refractivity contribution in [3.8, 4) is 6.07 Å². The monoisotopic (exact) mass is 228 g/mol. The van der Waals surface area contributed by atoms with Crippen molar-refractivity contribution in [3.05, 3.63) is 17.3 Å². The summed E-state index contributed by atoms with van der Waals surface area (Å²) in [4.78, 5) is 8.80. The van der Waals surface area contributed by atoms with Crippen molar-refractivity contribution in [2.24, 2.45) is 5.92 Å². The minimum absolute atomic E-state index is 0.0112. The number of aromatic nitrogens is 2. The average Bonchev–Trinajstić information content (AvgIpc) is 2.21. The van der Waals surface area contributed by atoms with E-state index in [0.717, 1.165) is 6.20 Å². The summed E-state index contributed by atoms with van der Waals surface area (Å²) in [7, 11) is 1.65. The Kier molecular flexibility index (Phi) is 3.81. The largest absolute Gasteiger partial charge is 0.356 e. The molecule has 0 saturated carbocycles. The molecule has 1 rings (SSSR count). The van der Waals surface area contributed by atoms with Crippen LogP contribution in [0.4, 0.5) is 10.2 Å². The van der Waals surface area contributed by atoms with Crippen LogP contribution in [0.5, 0.6) is 0 Å². The summed E-state index contributed by atoms with van der Waals surface area (Å²) in [6, 6.07) is 2.06. The second kappa shape index (κ2) is 4.89. The Labute approximate surface area is 92.3 Å². The number of hydrogen-bond acceptors (Lipinski definition) is 4. The Morgan fingerprint density at radius 3 is 3.00 bits per heavy atom. The van der Waals surface area contributed by atoms with Gasteiger partial charge in [-0.1, -0.05) is 0 Å². The summed E-state index contributed by atoms with van der Waals surface area (Å²) in [6.07, 6.45) is 1.01. The molecule has 0 aliphatic rings. The fourth-order valence-electron chi connectivity index (χ4n) is 1.14. The predicted molar refractivity (Wildman–Crippen MR) is 55.0 cm³/mol. The van der Waals surface area contributed by atoms with E-state index in [0.29, 0.717) is 6.54 Å². The van der Waals surface area contributed by atoms with Crippen molar-refractivity contribution in [2.45, 2.75) is 6.92 Å². The smallest absolute Gasteiger partial charge is 0.224 e. The average molecular weight is 229 g/mol. The van der Waals surface area contributed by atoms with E-state index in [9.17, 15) is 4.39 Å². The predicted octanol–water partition coefficient (Wildman–Crippen LogP) is 1.86. The minimum atomic E-state index is -0.549. The molecule has 0 amide bonds. The maximum atomic E-state index is 13.3. The molecule has 0 radical (unpaired) electrons. The molecule has 0 aliphatic carbocycles. The number of halogens is 2. The topological polar surface area (TPSA) is 52.8 Å². The highest BCUT2D eigenvalue weighted by molar-refractivity contribution is 6.28. The molecule has 6 heteroatoms. The van der Waals surface area contributed by atoms with Crippen LogP contribution >= 0.6 is 11.6 Å². The van der Waals surface area contributed by atoms with E-state index in [4.69, 9.17) is 16.9 Å².